The summed E-state index contributed by atoms with van der Waals surface area (Å²) in [6.45, 7) is 1.81. The van der Waals surface area contributed by atoms with Gasteiger partial charge in [-0.15, -0.1) is 0 Å². The highest BCUT2D eigenvalue weighted by Crippen LogP contribution is 2.18. The van der Waals surface area contributed by atoms with E-state index in [2.05, 4.69) is 0 Å². The number of likely N-dealkylation sites (tertiary alicyclic amines) is 1. The number of aliphatic carboxylic acids is 1. The van der Waals surface area contributed by atoms with Crippen LogP contribution >= 0.6 is 0 Å². The highest BCUT2D eigenvalue weighted by atomic mass is 16.4. The van der Waals surface area contributed by atoms with E-state index in [9.17, 15) is 9.59 Å². The molecule has 3 atom stereocenters. The van der Waals surface area contributed by atoms with Crippen molar-refractivity contribution < 1.29 is 19.8 Å². The monoisotopic (exact) mass is 216 g/mol. The number of aliphatic hydroxyl groups is 1. The van der Waals surface area contributed by atoms with Gasteiger partial charge in [-0.2, -0.15) is 0 Å². The Morgan fingerprint density at radius 3 is 2.60 bits per heavy atom. The molecule has 0 aromatic carbocycles. The van der Waals surface area contributed by atoms with E-state index in [1.54, 1.807) is 0 Å². The Labute approximate surface area is 87.7 Å². The van der Waals surface area contributed by atoms with Crippen LogP contribution in [0.25, 0.3) is 0 Å². The first-order valence-electron chi connectivity index (χ1n) is 4.92. The first-order chi connectivity index (χ1) is 6.95. The summed E-state index contributed by atoms with van der Waals surface area (Å²) >= 11 is 0. The van der Waals surface area contributed by atoms with E-state index in [1.165, 1.54) is 11.8 Å². The van der Waals surface area contributed by atoms with E-state index >= 15 is 0 Å². The average Bonchev–Trinajstić information content (AvgIpc) is 2.63. The third kappa shape index (κ3) is 2.45. The number of carbonyl (C=O) groups excluding carboxylic acids is 1. The number of carboxylic acid groups (broad SMARTS) is 1. The van der Waals surface area contributed by atoms with Gasteiger partial charge in [0, 0.05) is 6.54 Å². The number of nitrogens with two attached hydrogens (primary N) is 1. The van der Waals surface area contributed by atoms with Gasteiger partial charge in [0.05, 0.1) is 6.10 Å². The van der Waals surface area contributed by atoms with Crippen LogP contribution in [-0.4, -0.2) is 51.7 Å². The van der Waals surface area contributed by atoms with Gasteiger partial charge in [-0.25, -0.2) is 4.79 Å². The fraction of sp³-hybridized carbons (Fsp3) is 0.778. The molecular formula is C9H16N2O4. The van der Waals surface area contributed by atoms with E-state index in [1.807, 2.05) is 0 Å². The summed E-state index contributed by atoms with van der Waals surface area (Å²) in [5.41, 5.74) is 5.47. The number of aliphatic hydroxyl groups excluding tert-OH is 1. The molecule has 6 nitrogen and oxygen atoms in total. The first-order valence-corrected chi connectivity index (χ1v) is 4.92. The summed E-state index contributed by atoms with van der Waals surface area (Å²) in [4.78, 5) is 23.7. The molecule has 0 saturated carbocycles. The molecule has 0 bridgehead atoms. The third-order valence-corrected chi connectivity index (χ3v) is 2.63. The normalized spacial score (nSPS) is 25.0. The van der Waals surface area contributed by atoms with Crippen molar-refractivity contribution in [1.82, 2.24) is 4.90 Å². The van der Waals surface area contributed by atoms with E-state index < -0.39 is 30.1 Å². The number of carbonyl (C=O) groups is 2. The van der Waals surface area contributed by atoms with E-state index in [0.717, 1.165) is 0 Å². The number of amides is 1. The van der Waals surface area contributed by atoms with Crippen molar-refractivity contribution in [3.63, 3.8) is 0 Å². The summed E-state index contributed by atoms with van der Waals surface area (Å²) in [7, 11) is 0. The fourth-order valence-electron chi connectivity index (χ4n) is 1.69. The SMILES string of the molecule is C[C@@H](O)[C@@H](N)C(=O)N1CCC[C@H]1C(=O)O. The number of hydrogen-bond donors (Lipinski definition) is 3. The van der Waals surface area contributed by atoms with Crippen molar-refractivity contribution in [1.29, 1.82) is 0 Å². The van der Waals surface area contributed by atoms with Crippen molar-refractivity contribution in [2.45, 2.75) is 38.0 Å². The van der Waals surface area contributed by atoms with E-state index in [0.29, 0.717) is 19.4 Å². The molecule has 1 amide bonds. The molecule has 0 aliphatic carbocycles. The molecule has 0 unspecified atom stereocenters. The highest BCUT2D eigenvalue weighted by Gasteiger charge is 2.37. The molecule has 1 fully saturated rings. The average molecular weight is 216 g/mol. The zero-order valence-electron chi connectivity index (χ0n) is 8.59. The molecular weight excluding hydrogens is 200 g/mol. The fourth-order valence-corrected chi connectivity index (χ4v) is 1.69. The highest BCUT2D eigenvalue weighted by molar-refractivity contribution is 5.87. The van der Waals surface area contributed by atoms with Crippen molar-refractivity contribution in [3.8, 4) is 0 Å². The number of hydrogen-bond acceptors (Lipinski definition) is 4. The molecule has 6 heteroatoms. The Balaban J connectivity index is 2.70. The Hall–Kier alpha value is -1.14. The van der Waals surface area contributed by atoms with Gasteiger partial charge in [-0.05, 0) is 19.8 Å². The lowest BCUT2D eigenvalue weighted by Crippen LogP contribution is -2.52. The Kier molecular flexibility index (Phi) is 3.65. The first kappa shape index (κ1) is 11.9. The molecule has 1 saturated heterocycles. The standard InChI is InChI=1S/C9H16N2O4/c1-5(12)7(10)8(13)11-4-2-3-6(11)9(14)15/h5-7,12H,2-4,10H2,1H3,(H,14,15)/t5-,6+,7-/m1/s1. The zero-order chi connectivity index (χ0) is 11.6. The molecule has 0 aromatic heterocycles. The lowest BCUT2D eigenvalue weighted by molar-refractivity contribution is -0.149. The van der Waals surface area contributed by atoms with Crippen LogP contribution in [0.2, 0.25) is 0 Å². The van der Waals surface area contributed by atoms with Crippen LogP contribution in [0.1, 0.15) is 19.8 Å². The van der Waals surface area contributed by atoms with Crippen LogP contribution in [0.15, 0.2) is 0 Å². The van der Waals surface area contributed by atoms with E-state index in [-0.39, 0.29) is 0 Å². The number of rotatable bonds is 3. The van der Waals surface area contributed by atoms with Gasteiger partial charge in [0.25, 0.3) is 0 Å². The van der Waals surface area contributed by atoms with Gasteiger partial charge < -0.3 is 20.8 Å². The maximum Gasteiger partial charge on any atom is 0.326 e. The summed E-state index contributed by atoms with van der Waals surface area (Å²) in [5, 5.41) is 18.0. The van der Waals surface area contributed by atoms with Crippen LogP contribution in [0.4, 0.5) is 0 Å². The molecule has 0 radical (unpaired) electrons. The molecule has 0 aromatic rings. The molecule has 1 rings (SSSR count). The molecule has 15 heavy (non-hydrogen) atoms. The van der Waals surface area contributed by atoms with Gasteiger partial charge >= 0.3 is 5.97 Å². The molecule has 1 heterocycles. The van der Waals surface area contributed by atoms with Gasteiger partial charge in [0.15, 0.2) is 0 Å². The predicted molar refractivity (Wildman–Crippen MR) is 52.0 cm³/mol. The van der Waals surface area contributed by atoms with Gasteiger partial charge in [0.2, 0.25) is 5.91 Å². The van der Waals surface area contributed by atoms with Crippen molar-refractivity contribution >= 4 is 11.9 Å². The minimum atomic E-state index is -1.04. The summed E-state index contributed by atoms with van der Waals surface area (Å²) in [6, 6.07) is -1.83. The minimum Gasteiger partial charge on any atom is -0.480 e. The van der Waals surface area contributed by atoms with Crippen LogP contribution in [-0.2, 0) is 9.59 Å². The van der Waals surface area contributed by atoms with Crippen molar-refractivity contribution in [2.75, 3.05) is 6.54 Å². The lowest BCUT2D eigenvalue weighted by Gasteiger charge is -2.25. The number of carboxylic acids is 1. The molecule has 4 N–H and O–H groups in total. The van der Waals surface area contributed by atoms with E-state index in [4.69, 9.17) is 15.9 Å². The van der Waals surface area contributed by atoms with Crippen LogP contribution in [0.5, 0.6) is 0 Å². The summed E-state index contributed by atoms with van der Waals surface area (Å²) < 4.78 is 0. The molecule has 0 spiro atoms. The Morgan fingerprint density at radius 1 is 1.53 bits per heavy atom. The van der Waals surface area contributed by atoms with Gasteiger partial charge in [-0.1, -0.05) is 0 Å². The summed E-state index contributed by atoms with van der Waals surface area (Å²) in [6.07, 6.45) is 0.149. The van der Waals surface area contributed by atoms with Crippen LogP contribution in [0.3, 0.4) is 0 Å². The second-order valence-corrected chi connectivity index (χ2v) is 3.79. The molecule has 1 aliphatic heterocycles. The van der Waals surface area contributed by atoms with Gasteiger partial charge in [-0.3, -0.25) is 4.79 Å². The molecule has 1 aliphatic rings. The Bertz CT molecular complexity index is 267. The smallest absolute Gasteiger partial charge is 0.326 e. The van der Waals surface area contributed by atoms with Crippen molar-refractivity contribution in [2.24, 2.45) is 5.73 Å². The third-order valence-electron chi connectivity index (χ3n) is 2.63. The second kappa shape index (κ2) is 4.59. The van der Waals surface area contributed by atoms with Crippen molar-refractivity contribution in [3.05, 3.63) is 0 Å². The quantitative estimate of drug-likeness (QED) is 0.548. The predicted octanol–water partition coefficient (Wildman–Crippen LogP) is -1.23. The summed E-state index contributed by atoms with van der Waals surface area (Å²) in [5.74, 6) is -1.51. The molecule has 86 valence electrons. The largest absolute Gasteiger partial charge is 0.480 e. The maximum atomic E-state index is 11.7. The topological polar surface area (TPSA) is 104 Å². The Morgan fingerprint density at radius 2 is 2.13 bits per heavy atom. The lowest BCUT2D eigenvalue weighted by atomic mass is 10.1. The van der Waals surface area contributed by atoms with Gasteiger partial charge in [0.1, 0.15) is 12.1 Å². The maximum absolute atomic E-state index is 11.7. The number of nitrogens with zero attached hydrogens (tertiary/aromatic N) is 1. The zero-order valence-corrected chi connectivity index (χ0v) is 8.59. The van der Waals surface area contributed by atoms with Crippen LogP contribution in [0, 0.1) is 0 Å². The minimum absolute atomic E-state index is 0.399. The van der Waals surface area contributed by atoms with Crippen LogP contribution < -0.4 is 5.73 Å². The second-order valence-electron chi connectivity index (χ2n) is 3.79.